The van der Waals surface area contributed by atoms with E-state index >= 15 is 0 Å². The fraction of sp³-hybridized carbons (Fsp3) is 0.500. The molecule has 1 aromatic rings. The first kappa shape index (κ1) is 18.3. The molecular weight excluding hydrogens is 330 g/mol. The van der Waals surface area contributed by atoms with Gasteiger partial charge >= 0.3 is 0 Å². The summed E-state index contributed by atoms with van der Waals surface area (Å²) >= 11 is 5.08. The first-order chi connectivity index (χ1) is 11.7. The zero-order valence-electron chi connectivity index (χ0n) is 13.7. The number of nitrogens with one attached hydrogen (secondary N) is 3. The largest absolute Gasteiger partial charge is 0.497 e. The topological polar surface area (TPSA) is 80.9 Å². The highest BCUT2D eigenvalue weighted by atomic mass is 32.1. The molecule has 1 fully saturated rings. The molecule has 1 amide bonds. The Bertz CT molecular complexity index is 533. The summed E-state index contributed by atoms with van der Waals surface area (Å²) in [6.07, 6.45) is 2.52. The van der Waals surface area contributed by atoms with E-state index in [4.69, 9.17) is 26.4 Å². The number of carbonyl (C=O) groups excluding carboxylic acids is 1. The molecule has 0 radical (unpaired) electrons. The van der Waals surface area contributed by atoms with Crippen LogP contribution in [0.3, 0.4) is 0 Å². The predicted octanol–water partition coefficient (Wildman–Crippen LogP) is 1.14. The summed E-state index contributed by atoms with van der Waals surface area (Å²) in [4.78, 5) is 11.7. The van der Waals surface area contributed by atoms with Crippen LogP contribution in [0.4, 0.5) is 0 Å². The SMILES string of the molecule is COc1ccc(OCCC(=O)NNC(=S)NCC2CCCO2)cc1. The minimum Gasteiger partial charge on any atom is -0.497 e. The van der Waals surface area contributed by atoms with Crippen molar-refractivity contribution in [1.29, 1.82) is 0 Å². The third-order valence-electron chi connectivity index (χ3n) is 3.49. The van der Waals surface area contributed by atoms with Gasteiger partial charge in [0.25, 0.3) is 0 Å². The van der Waals surface area contributed by atoms with Crippen LogP contribution in [0, 0.1) is 0 Å². The van der Waals surface area contributed by atoms with Crippen LogP contribution in [0.2, 0.25) is 0 Å². The molecule has 2 rings (SSSR count). The number of hydrogen-bond acceptors (Lipinski definition) is 5. The van der Waals surface area contributed by atoms with Gasteiger partial charge in [-0.3, -0.25) is 15.6 Å². The third-order valence-corrected chi connectivity index (χ3v) is 3.73. The second kappa shape index (κ2) is 9.94. The van der Waals surface area contributed by atoms with E-state index in [1.165, 1.54) is 0 Å². The van der Waals surface area contributed by atoms with Crippen molar-refractivity contribution in [3.63, 3.8) is 0 Å². The van der Waals surface area contributed by atoms with Crippen molar-refractivity contribution >= 4 is 23.2 Å². The lowest BCUT2D eigenvalue weighted by molar-refractivity contribution is -0.122. The number of benzene rings is 1. The molecule has 1 aliphatic rings. The summed E-state index contributed by atoms with van der Waals surface area (Å²) in [6, 6.07) is 7.18. The summed E-state index contributed by atoms with van der Waals surface area (Å²) < 4.78 is 16.0. The second-order valence-electron chi connectivity index (χ2n) is 5.29. The number of carbonyl (C=O) groups is 1. The Morgan fingerprint density at radius 3 is 2.71 bits per heavy atom. The summed E-state index contributed by atoms with van der Waals surface area (Å²) in [5.74, 6) is 1.24. The zero-order valence-corrected chi connectivity index (χ0v) is 14.5. The van der Waals surface area contributed by atoms with Gasteiger partial charge in [-0.15, -0.1) is 0 Å². The molecule has 1 heterocycles. The molecule has 1 saturated heterocycles. The normalized spacial score (nSPS) is 16.3. The molecule has 1 atom stereocenters. The van der Waals surface area contributed by atoms with Crippen LogP contribution >= 0.6 is 12.2 Å². The average Bonchev–Trinajstić information content (AvgIpc) is 3.12. The van der Waals surface area contributed by atoms with Gasteiger partial charge in [-0.1, -0.05) is 0 Å². The Morgan fingerprint density at radius 2 is 2.04 bits per heavy atom. The molecule has 1 aliphatic heterocycles. The van der Waals surface area contributed by atoms with E-state index in [1.54, 1.807) is 31.4 Å². The van der Waals surface area contributed by atoms with E-state index < -0.39 is 0 Å². The Hall–Kier alpha value is -2.06. The smallest absolute Gasteiger partial charge is 0.241 e. The van der Waals surface area contributed by atoms with Gasteiger partial charge in [0.1, 0.15) is 11.5 Å². The molecule has 132 valence electrons. The van der Waals surface area contributed by atoms with Crippen LogP contribution in [0.15, 0.2) is 24.3 Å². The van der Waals surface area contributed by atoms with Gasteiger partial charge in [0.2, 0.25) is 5.91 Å². The lowest BCUT2D eigenvalue weighted by atomic mass is 10.2. The molecule has 0 bridgehead atoms. The molecule has 8 heteroatoms. The zero-order chi connectivity index (χ0) is 17.2. The van der Waals surface area contributed by atoms with Gasteiger partial charge in [-0.05, 0) is 49.3 Å². The lowest BCUT2D eigenvalue weighted by Gasteiger charge is -2.14. The third kappa shape index (κ3) is 6.59. The van der Waals surface area contributed by atoms with E-state index in [2.05, 4.69) is 16.2 Å². The monoisotopic (exact) mass is 353 g/mol. The molecule has 24 heavy (non-hydrogen) atoms. The van der Waals surface area contributed by atoms with Crippen LogP contribution in [-0.2, 0) is 9.53 Å². The fourth-order valence-electron chi connectivity index (χ4n) is 2.18. The van der Waals surface area contributed by atoms with Crippen molar-refractivity contribution in [2.45, 2.75) is 25.4 Å². The molecule has 0 spiro atoms. The van der Waals surface area contributed by atoms with Crippen molar-refractivity contribution < 1.29 is 19.0 Å². The molecule has 7 nitrogen and oxygen atoms in total. The molecule has 0 aliphatic carbocycles. The van der Waals surface area contributed by atoms with Crippen LogP contribution < -0.4 is 25.6 Å². The van der Waals surface area contributed by atoms with Crippen molar-refractivity contribution in [3.8, 4) is 11.5 Å². The first-order valence-electron chi connectivity index (χ1n) is 7.88. The average molecular weight is 353 g/mol. The van der Waals surface area contributed by atoms with Crippen LogP contribution in [-0.4, -0.2) is 44.0 Å². The predicted molar refractivity (Wildman–Crippen MR) is 94.0 cm³/mol. The van der Waals surface area contributed by atoms with Crippen molar-refractivity contribution in [1.82, 2.24) is 16.2 Å². The number of amides is 1. The van der Waals surface area contributed by atoms with Gasteiger partial charge in [0, 0.05) is 13.2 Å². The lowest BCUT2D eigenvalue weighted by Crippen LogP contribution is -2.48. The molecule has 3 N–H and O–H groups in total. The van der Waals surface area contributed by atoms with Gasteiger partial charge in [-0.2, -0.15) is 0 Å². The van der Waals surface area contributed by atoms with Gasteiger partial charge < -0.3 is 19.5 Å². The molecule has 0 aromatic heterocycles. The fourth-order valence-corrected chi connectivity index (χ4v) is 2.31. The highest BCUT2D eigenvalue weighted by molar-refractivity contribution is 7.80. The second-order valence-corrected chi connectivity index (χ2v) is 5.70. The summed E-state index contributed by atoms with van der Waals surface area (Å²) in [5.41, 5.74) is 5.19. The van der Waals surface area contributed by atoms with E-state index in [1.807, 2.05) is 0 Å². The van der Waals surface area contributed by atoms with Crippen molar-refractivity contribution in [2.24, 2.45) is 0 Å². The van der Waals surface area contributed by atoms with Crippen molar-refractivity contribution in [2.75, 3.05) is 26.9 Å². The van der Waals surface area contributed by atoms with Gasteiger partial charge in [0.15, 0.2) is 5.11 Å². The maximum atomic E-state index is 11.7. The minimum atomic E-state index is -0.204. The van der Waals surface area contributed by atoms with Gasteiger partial charge in [-0.25, -0.2) is 0 Å². The standard InChI is InChI=1S/C16H23N3O4S/c1-21-12-4-6-13(7-5-12)23-10-8-15(20)18-19-16(24)17-11-14-3-2-9-22-14/h4-7,14H,2-3,8-11H2,1H3,(H,18,20)(H2,17,19,24). The maximum absolute atomic E-state index is 11.7. The molecular formula is C16H23N3O4S. The Kier molecular flexibility index (Phi) is 7.57. The van der Waals surface area contributed by atoms with E-state index in [0.717, 1.165) is 25.2 Å². The summed E-state index contributed by atoms with van der Waals surface area (Å²) in [6.45, 7) is 1.72. The quantitative estimate of drug-likeness (QED) is 0.501. The maximum Gasteiger partial charge on any atom is 0.241 e. The van der Waals surface area contributed by atoms with E-state index in [0.29, 0.717) is 17.4 Å². The van der Waals surface area contributed by atoms with Gasteiger partial charge in [0.05, 0.1) is 26.2 Å². The van der Waals surface area contributed by atoms with Crippen LogP contribution in [0.1, 0.15) is 19.3 Å². The highest BCUT2D eigenvalue weighted by Gasteiger charge is 2.15. The van der Waals surface area contributed by atoms with Crippen LogP contribution in [0.5, 0.6) is 11.5 Å². The summed E-state index contributed by atoms with van der Waals surface area (Å²) in [7, 11) is 1.60. The number of rotatable bonds is 7. The number of methoxy groups -OCH3 is 1. The number of ether oxygens (including phenoxy) is 3. The number of hydrogen-bond donors (Lipinski definition) is 3. The van der Waals surface area contributed by atoms with E-state index in [-0.39, 0.29) is 25.0 Å². The van der Waals surface area contributed by atoms with Crippen LogP contribution in [0.25, 0.3) is 0 Å². The molecule has 0 saturated carbocycles. The van der Waals surface area contributed by atoms with Crippen molar-refractivity contribution in [3.05, 3.63) is 24.3 Å². The first-order valence-corrected chi connectivity index (χ1v) is 8.29. The Labute approximate surface area is 147 Å². The Morgan fingerprint density at radius 1 is 1.29 bits per heavy atom. The highest BCUT2D eigenvalue weighted by Crippen LogP contribution is 2.16. The Balaban J connectivity index is 1.54. The number of thiocarbonyl (C=S) groups is 1. The number of hydrazine groups is 1. The molecule has 1 unspecified atom stereocenters. The summed E-state index contributed by atoms with van der Waals surface area (Å²) in [5, 5.41) is 3.38. The minimum absolute atomic E-state index is 0.193. The van der Waals surface area contributed by atoms with E-state index in [9.17, 15) is 4.79 Å². The molecule has 1 aromatic carbocycles.